The SMILES string of the molecule is CC(C)=CCC/C(C)=C/CC/C(C)=C/CCC(C)OC(=O)NC1CCCCC1. The van der Waals surface area contributed by atoms with Gasteiger partial charge in [-0.15, -0.1) is 0 Å². The Morgan fingerprint density at radius 1 is 0.929 bits per heavy atom. The van der Waals surface area contributed by atoms with Gasteiger partial charge in [0.25, 0.3) is 0 Å². The third kappa shape index (κ3) is 12.8. The van der Waals surface area contributed by atoms with Crippen LogP contribution >= 0.6 is 0 Å². The fraction of sp³-hybridized carbons (Fsp3) is 0.720. The van der Waals surface area contributed by atoms with E-state index in [4.69, 9.17) is 4.74 Å². The summed E-state index contributed by atoms with van der Waals surface area (Å²) in [4.78, 5) is 12.0. The molecule has 28 heavy (non-hydrogen) atoms. The van der Waals surface area contributed by atoms with Crippen molar-refractivity contribution < 1.29 is 9.53 Å². The zero-order valence-electron chi connectivity index (χ0n) is 19.0. The van der Waals surface area contributed by atoms with Crippen LogP contribution in [0.4, 0.5) is 4.79 Å². The van der Waals surface area contributed by atoms with Crippen molar-refractivity contribution in [1.82, 2.24) is 5.32 Å². The van der Waals surface area contributed by atoms with Crippen LogP contribution in [-0.4, -0.2) is 18.2 Å². The maximum Gasteiger partial charge on any atom is 0.407 e. The van der Waals surface area contributed by atoms with E-state index >= 15 is 0 Å². The second kappa shape index (κ2) is 14.5. The first-order valence-corrected chi connectivity index (χ1v) is 11.3. The molecule has 1 fully saturated rings. The van der Waals surface area contributed by atoms with Crippen LogP contribution < -0.4 is 5.32 Å². The average molecular weight is 390 g/mol. The lowest BCUT2D eigenvalue weighted by molar-refractivity contribution is 0.0977. The minimum absolute atomic E-state index is 0.0372. The van der Waals surface area contributed by atoms with Crippen molar-refractivity contribution in [2.45, 2.75) is 117 Å². The number of hydrogen-bond acceptors (Lipinski definition) is 2. The first kappa shape index (κ1) is 24.5. The predicted octanol–water partition coefficient (Wildman–Crippen LogP) is 7.63. The molecule has 1 aliphatic carbocycles. The van der Waals surface area contributed by atoms with Gasteiger partial charge in [0.2, 0.25) is 0 Å². The first-order valence-electron chi connectivity index (χ1n) is 11.3. The highest BCUT2D eigenvalue weighted by Gasteiger charge is 2.17. The van der Waals surface area contributed by atoms with E-state index in [-0.39, 0.29) is 12.2 Å². The number of allylic oxidation sites excluding steroid dienone is 6. The molecule has 0 aromatic heterocycles. The maximum atomic E-state index is 12.0. The van der Waals surface area contributed by atoms with Crippen molar-refractivity contribution in [3.63, 3.8) is 0 Å². The normalized spacial score (nSPS) is 17.2. The molecule has 0 saturated heterocycles. The molecule has 0 spiro atoms. The van der Waals surface area contributed by atoms with Gasteiger partial charge in [-0.25, -0.2) is 4.79 Å². The van der Waals surface area contributed by atoms with E-state index in [0.29, 0.717) is 6.04 Å². The monoisotopic (exact) mass is 389 g/mol. The first-order chi connectivity index (χ1) is 13.4. The van der Waals surface area contributed by atoms with E-state index in [1.54, 1.807) is 0 Å². The molecule has 160 valence electrons. The largest absolute Gasteiger partial charge is 0.447 e. The second-order valence-electron chi connectivity index (χ2n) is 8.73. The zero-order chi connectivity index (χ0) is 20.8. The molecule has 3 heteroatoms. The summed E-state index contributed by atoms with van der Waals surface area (Å²) >= 11 is 0. The van der Waals surface area contributed by atoms with E-state index in [2.05, 4.69) is 51.2 Å². The minimum Gasteiger partial charge on any atom is -0.447 e. The van der Waals surface area contributed by atoms with Crippen LogP contribution in [0.3, 0.4) is 0 Å². The van der Waals surface area contributed by atoms with Gasteiger partial charge < -0.3 is 10.1 Å². The Morgan fingerprint density at radius 3 is 2.11 bits per heavy atom. The quantitative estimate of drug-likeness (QED) is 0.369. The van der Waals surface area contributed by atoms with E-state index in [9.17, 15) is 4.79 Å². The number of hydrogen-bond donors (Lipinski definition) is 1. The second-order valence-corrected chi connectivity index (χ2v) is 8.73. The molecule has 1 atom stereocenters. The molecule has 0 aliphatic heterocycles. The van der Waals surface area contributed by atoms with E-state index < -0.39 is 0 Å². The van der Waals surface area contributed by atoms with Gasteiger partial charge in [-0.05, 0) is 86.0 Å². The van der Waals surface area contributed by atoms with Gasteiger partial charge in [0.05, 0.1) is 0 Å². The average Bonchev–Trinajstić information content (AvgIpc) is 2.62. The molecule has 3 nitrogen and oxygen atoms in total. The van der Waals surface area contributed by atoms with E-state index in [0.717, 1.165) is 51.4 Å². The van der Waals surface area contributed by atoms with Gasteiger partial charge in [0.1, 0.15) is 6.10 Å². The number of carbonyl (C=O) groups is 1. The van der Waals surface area contributed by atoms with Gasteiger partial charge in [-0.2, -0.15) is 0 Å². The van der Waals surface area contributed by atoms with Crippen LogP contribution in [0.25, 0.3) is 0 Å². The van der Waals surface area contributed by atoms with Gasteiger partial charge in [-0.3, -0.25) is 0 Å². The summed E-state index contributed by atoms with van der Waals surface area (Å²) in [5.41, 5.74) is 4.31. The molecule has 1 N–H and O–H groups in total. The number of rotatable bonds is 11. The van der Waals surface area contributed by atoms with Crippen molar-refractivity contribution in [1.29, 1.82) is 0 Å². The number of alkyl carbamates (subject to hydrolysis) is 1. The smallest absolute Gasteiger partial charge is 0.407 e. The van der Waals surface area contributed by atoms with Crippen molar-refractivity contribution in [3.05, 3.63) is 34.9 Å². The standard InChI is InChI=1S/C25H43NO2/c1-20(2)12-9-13-21(3)14-10-15-22(4)16-11-17-23(5)28-25(27)26-24-18-7-6-8-19-24/h12,14,16,23-24H,6-11,13,15,17-19H2,1-5H3,(H,26,27)/b21-14+,22-16+. The summed E-state index contributed by atoms with van der Waals surface area (Å²) in [6, 6.07) is 0.314. The fourth-order valence-corrected chi connectivity index (χ4v) is 3.59. The van der Waals surface area contributed by atoms with Crippen LogP contribution in [0.5, 0.6) is 0 Å². The number of ether oxygens (including phenoxy) is 1. The summed E-state index contributed by atoms with van der Waals surface area (Å²) in [5.74, 6) is 0. The molecule has 1 saturated carbocycles. The van der Waals surface area contributed by atoms with Crippen LogP contribution in [0.1, 0.15) is 105 Å². The molecule has 0 bridgehead atoms. The molecule has 0 radical (unpaired) electrons. The van der Waals surface area contributed by atoms with Crippen molar-refractivity contribution in [3.8, 4) is 0 Å². The third-order valence-corrected chi connectivity index (χ3v) is 5.42. The Kier molecular flexibility index (Phi) is 12.7. The Bertz CT molecular complexity index is 535. The third-order valence-electron chi connectivity index (χ3n) is 5.42. The summed E-state index contributed by atoms with van der Waals surface area (Å²) in [5, 5.41) is 3.02. The van der Waals surface area contributed by atoms with Crippen LogP contribution in [0.2, 0.25) is 0 Å². The number of carbonyl (C=O) groups excluding carboxylic acids is 1. The Morgan fingerprint density at radius 2 is 1.50 bits per heavy atom. The van der Waals surface area contributed by atoms with E-state index in [1.165, 1.54) is 36.0 Å². The Hall–Kier alpha value is -1.51. The summed E-state index contributed by atoms with van der Waals surface area (Å²) in [7, 11) is 0. The van der Waals surface area contributed by atoms with Crippen molar-refractivity contribution in [2.75, 3.05) is 0 Å². The Labute approximate surface area is 173 Å². The van der Waals surface area contributed by atoms with Gasteiger partial charge in [0.15, 0.2) is 0 Å². The van der Waals surface area contributed by atoms with Crippen LogP contribution in [-0.2, 0) is 4.74 Å². The molecule has 1 amide bonds. The molecule has 0 aromatic rings. The van der Waals surface area contributed by atoms with Gasteiger partial charge in [-0.1, -0.05) is 54.2 Å². The topological polar surface area (TPSA) is 38.3 Å². The molecule has 0 aromatic carbocycles. The summed E-state index contributed by atoms with van der Waals surface area (Å²) < 4.78 is 5.51. The summed E-state index contributed by atoms with van der Waals surface area (Å²) in [6.07, 6.45) is 19.0. The molecular formula is C25H43NO2. The number of nitrogens with one attached hydrogen (secondary N) is 1. The fourth-order valence-electron chi connectivity index (χ4n) is 3.59. The molecular weight excluding hydrogens is 346 g/mol. The summed E-state index contributed by atoms with van der Waals surface area (Å²) in [6.45, 7) is 10.7. The highest BCUT2D eigenvalue weighted by Crippen LogP contribution is 2.18. The molecule has 1 unspecified atom stereocenters. The lowest BCUT2D eigenvalue weighted by Gasteiger charge is -2.23. The van der Waals surface area contributed by atoms with Crippen molar-refractivity contribution in [2.24, 2.45) is 0 Å². The highest BCUT2D eigenvalue weighted by atomic mass is 16.6. The zero-order valence-corrected chi connectivity index (χ0v) is 19.0. The molecule has 1 rings (SSSR count). The van der Waals surface area contributed by atoms with Crippen LogP contribution in [0, 0.1) is 0 Å². The lowest BCUT2D eigenvalue weighted by atomic mass is 9.96. The Balaban J connectivity index is 2.16. The molecule has 0 heterocycles. The minimum atomic E-state index is -0.242. The predicted molar refractivity (Wildman–Crippen MR) is 121 cm³/mol. The highest BCUT2D eigenvalue weighted by molar-refractivity contribution is 5.67. The van der Waals surface area contributed by atoms with Gasteiger partial charge in [0, 0.05) is 6.04 Å². The lowest BCUT2D eigenvalue weighted by Crippen LogP contribution is -2.37. The van der Waals surface area contributed by atoms with Crippen LogP contribution in [0.15, 0.2) is 34.9 Å². The van der Waals surface area contributed by atoms with Crippen molar-refractivity contribution >= 4 is 6.09 Å². The van der Waals surface area contributed by atoms with Gasteiger partial charge >= 0.3 is 6.09 Å². The number of amides is 1. The molecule has 1 aliphatic rings. The van der Waals surface area contributed by atoms with E-state index in [1.807, 2.05) is 6.92 Å². The maximum absolute atomic E-state index is 12.0.